The minimum atomic E-state index is -0.643. The smallest absolute Gasteiger partial charge is 0.427 e. The molecule has 1 aromatic carbocycles. The Kier molecular flexibility index (Phi) is 4.40. The lowest BCUT2D eigenvalue weighted by Crippen LogP contribution is -2.47. The molecule has 0 saturated carbocycles. The second-order valence-corrected chi connectivity index (χ2v) is 7.78. The van der Waals surface area contributed by atoms with E-state index in [1.807, 2.05) is 12.1 Å². The minimum Gasteiger partial charge on any atom is -0.427 e. The second kappa shape index (κ2) is 6.72. The van der Waals surface area contributed by atoms with E-state index in [0.717, 1.165) is 10.6 Å². The lowest BCUT2D eigenvalue weighted by atomic mass is 10.0. The van der Waals surface area contributed by atoms with Gasteiger partial charge in [-0.2, -0.15) is 0 Å². The van der Waals surface area contributed by atoms with Crippen LogP contribution in [0.1, 0.15) is 42.2 Å². The predicted octanol–water partition coefficient (Wildman–Crippen LogP) is 3.68. The SMILES string of the molecule is CC(C)c1ccc(-c2nc(C(=O)N3CCC4OC(=O)OC4C3)cs2)cc1. The number of hydrogen-bond donors (Lipinski definition) is 0. The summed E-state index contributed by atoms with van der Waals surface area (Å²) in [4.78, 5) is 30.2. The molecule has 0 N–H and O–H groups in total. The highest BCUT2D eigenvalue weighted by Gasteiger charge is 2.42. The van der Waals surface area contributed by atoms with Gasteiger partial charge in [0.05, 0.1) is 6.54 Å². The quantitative estimate of drug-likeness (QED) is 0.769. The molecule has 0 spiro atoms. The highest BCUT2D eigenvalue weighted by Crippen LogP contribution is 2.28. The summed E-state index contributed by atoms with van der Waals surface area (Å²) in [6, 6.07) is 8.29. The number of benzene rings is 1. The maximum Gasteiger partial charge on any atom is 0.509 e. The maximum atomic E-state index is 12.7. The van der Waals surface area contributed by atoms with E-state index in [9.17, 15) is 9.59 Å². The number of nitrogens with zero attached hydrogens (tertiary/aromatic N) is 2. The monoisotopic (exact) mass is 372 g/mol. The van der Waals surface area contributed by atoms with E-state index in [-0.39, 0.29) is 18.1 Å². The third-order valence-electron chi connectivity index (χ3n) is 4.83. The number of amides is 1. The number of likely N-dealkylation sites (tertiary alicyclic amines) is 1. The summed E-state index contributed by atoms with van der Waals surface area (Å²) in [6.45, 7) is 5.20. The number of rotatable bonds is 3. The van der Waals surface area contributed by atoms with Crippen molar-refractivity contribution in [3.8, 4) is 10.6 Å². The Labute approximate surface area is 155 Å². The lowest BCUT2D eigenvalue weighted by molar-refractivity contribution is 0.0388. The molecule has 4 rings (SSSR count). The van der Waals surface area contributed by atoms with Gasteiger partial charge in [0.1, 0.15) is 16.8 Å². The van der Waals surface area contributed by atoms with Crippen molar-refractivity contribution in [2.75, 3.05) is 13.1 Å². The Bertz CT molecular complexity index is 830. The molecular weight excluding hydrogens is 352 g/mol. The van der Waals surface area contributed by atoms with Crippen molar-refractivity contribution >= 4 is 23.4 Å². The summed E-state index contributed by atoms with van der Waals surface area (Å²) in [5, 5.41) is 2.62. The molecule has 1 amide bonds. The zero-order valence-corrected chi connectivity index (χ0v) is 15.5. The molecule has 3 heterocycles. The van der Waals surface area contributed by atoms with E-state index < -0.39 is 6.16 Å². The van der Waals surface area contributed by atoms with Crippen LogP contribution in [0.4, 0.5) is 4.79 Å². The van der Waals surface area contributed by atoms with Gasteiger partial charge < -0.3 is 14.4 Å². The third kappa shape index (κ3) is 3.19. The Balaban J connectivity index is 1.47. The van der Waals surface area contributed by atoms with Gasteiger partial charge in [0, 0.05) is 23.9 Å². The average Bonchev–Trinajstić information content (AvgIpc) is 3.26. The molecule has 0 bridgehead atoms. The second-order valence-electron chi connectivity index (χ2n) is 6.92. The van der Waals surface area contributed by atoms with Crippen molar-refractivity contribution in [2.24, 2.45) is 0 Å². The van der Waals surface area contributed by atoms with Gasteiger partial charge in [0.25, 0.3) is 5.91 Å². The Morgan fingerprint density at radius 1 is 1.23 bits per heavy atom. The summed E-state index contributed by atoms with van der Waals surface area (Å²) in [5.74, 6) is 0.349. The topological polar surface area (TPSA) is 68.7 Å². The zero-order chi connectivity index (χ0) is 18.3. The molecule has 2 saturated heterocycles. The van der Waals surface area contributed by atoms with Crippen LogP contribution in [-0.2, 0) is 9.47 Å². The minimum absolute atomic E-state index is 0.132. The first-order valence-corrected chi connectivity index (χ1v) is 9.61. The first kappa shape index (κ1) is 17.0. The number of fused-ring (bicyclic) bond motifs is 1. The Hall–Kier alpha value is -2.41. The van der Waals surface area contributed by atoms with Crippen LogP contribution in [0, 0.1) is 0 Å². The fourth-order valence-corrected chi connectivity index (χ4v) is 4.08. The lowest BCUT2D eigenvalue weighted by Gasteiger charge is -2.31. The molecular formula is C19H20N2O4S. The van der Waals surface area contributed by atoms with Crippen LogP contribution in [0.2, 0.25) is 0 Å². The normalized spacial score (nSPS) is 22.1. The molecule has 136 valence electrons. The molecule has 6 nitrogen and oxygen atoms in total. The van der Waals surface area contributed by atoms with E-state index in [4.69, 9.17) is 9.47 Å². The first-order valence-electron chi connectivity index (χ1n) is 8.73. The molecule has 7 heteroatoms. The van der Waals surface area contributed by atoms with Crippen molar-refractivity contribution in [2.45, 2.75) is 38.4 Å². The van der Waals surface area contributed by atoms with Crippen LogP contribution >= 0.6 is 11.3 Å². The number of carbonyl (C=O) groups is 2. The number of carbonyl (C=O) groups excluding carboxylic acids is 2. The van der Waals surface area contributed by atoms with Crippen molar-refractivity contribution in [1.29, 1.82) is 0 Å². The maximum absolute atomic E-state index is 12.7. The summed E-state index contributed by atoms with van der Waals surface area (Å²) in [6.07, 6.45) is -0.663. The van der Waals surface area contributed by atoms with Crippen LogP contribution in [-0.4, -0.2) is 47.2 Å². The van der Waals surface area contributed by atoms with Gasteiger partial charge in [-0.3, -0.25) is 4.79 Å². The van der Waals surface area contributed by atoms with E-state index >= 15 is 0 Å². The van der Waals surface area contributed by atoms with Gasteiger partial charge in [-0.1, -0.05) is 38.1 Å². The van der Waals surface area contributed by atoms with Gasteiger partial charge in [0.15, 0.2) is 6.10 Å². The number of thiazole rings is 1. The van der Waals surface area contributed by atoms with E-state index in [1.165, 1.54) is 16.9 Å². The standard InChI is InChI=1S/C19H20N2O4S/c1-11(2)12-3-5-13(6-4-12)17-20-14(10-26-17)18(22)21-8-7-15-16(9-21)25-19(23)24-15/h3-6,10-11,15-16H,7-9H2,1-2H3. The number of ether oxygens (including phenoxy) is 2. The van der Waals surface area contributed by atoms with Crippen LogP contribution in [0.5, 0.6) is 0 Å². The fraction of sp³-hybridized carbons (Fsp3) is 0.421. The summed E-state index contributed by atoms with van der Waals surface area (Å²) in [5.41, 5.74) is 2.72. The highest BCUT2D eigenvalue weighted by molar-refractivity contribution is 7.13. The van der Waals surface area contributed by atoms with Crippen molar-refractivity contribution in [1.82, 2.24) is 9.88 Å². The van der Waals surface area contributed by atoms with Gasteiger partial charge >= 0.3 is 6.16 Å². The molecule has 0 aliphatic carbocycles. The Morgan fingerprint density at radius 2 is 1.96 bits per heavy atom. The number of hydrogen-bond acceptors (Lipinski definition) is 6. The zero-order valence-electron chi connectivity index (χ0n) is 14.7. The van der Waals surface area contributed by atoms with E-state index in [2.05, 4.69) is 31.0 Å². The van der Waals surface area contributed by atoms with Crippen LogP contribution in [0.15, 0.2) is 29.6 Å². The van der Waals surface area contributed by atoms with Crippen molar-refractivity contribution in [3.63, 3.8) is 0 Å². The third-order valence-corrected chi connectivity index (χ3v) is 5.72. The number of piperidine rings is 1. The molecule has 1 aromatic heterocycles. The summed E-state index contributed by atoms with van der Waals surface area (Å²) < 4.78 is 10.2. The molecule has 2 aromatic rings. The van der Waals surface area contributed by atoms with Crippen LogP contribution in [0.25, 0.3) is 10.6 Å². The van der Waals surface area contributed by atoms with Gasteiger partial charge in [-0.15, -0.1) is 11.3 Å². The Morgan fingerprint density at radius 3 is 2.69 bits per heavy atom. The van der Waals surface area contributed by atoms with Crippen molar-refractivity contribution in [3.05, 3.63) is 40.9 Å². The van der Waals surface area contributed by atoms with Gasteiger partial charge in [0.2, 0.25) is 0 Å². The van der Waals surface area contributed by atoms with Gasteiger partial charge in [-0.25, -0.2) is 9.78 Å². The molecule has 2 atom stereocenters. The molecule has 2 unspecified atom stereocenters. The van der Waals surface area contributed by atoms with Crippen molar-refractivity contribution < 1.29 is 19.1 Å². The van der Waals surface area contributed by atoms with E-state index in [0.29, 0.717) is 31.1 Å². The van der Waals surface area contributed by atoms with Crippen LogP contribution < -0.4 is 0 Å². The molecule has 2 aliphatic rings. The molecule has 2 fully saturated rings. The number of aromatic nitrogens is 1. The molecule has 26 heavy (non-hydrogen) atoms. The molecule has 2 aliphatic heterocycles. The summed E-state index contributed by atoms with van der Waals surface area (Å²) in [7, 11) is 0. The van der Waals surface area contributed by atoms with E-state index in [1.54, 1.807) is 10.3 Å². The fourth-order valence-electron chi connectivity index (χ4n) is 3.28. The summed E-state index contributed by atoms with van der Waals surface area (Å²) >= 11 is 1.46. The molecule has 0 radical (unpaired) electrons. The largest absolute Gasteiger partial charge is 0.509 e. The van der Waals surface area contributed by atoms with Gasteiger partial charge in [-0.05, 0) is 11.5 Å². The highest BCUT2D eigenvalue weighted by atomic mass is 32.1. The first-order chi connectivity index (χ1) is 12.5. The predicted molar refractivity (Wildman–Crippen MR) is 97.3 cm³/mol. The van der Waals surface area contributed by atoms with Crippen LogP contribution in [0.3, 0.4) is 0 Å². The average molecular weight is 372 g/mol.